The van der Waals surface area contributed by atoms with Crippen molar-refractivity contribution in [1.29, 1.82) is 0 Å². The Morgan fingerprint density at radius 1 is 1.08 bits per heavy atom. The van der Waals surface area contributed by atoms with Gasteiger partial charge in [-0.2, -0.15) is 13.2 Å². The molecule has 0 spiro atoms. The summed E-state index contributed by atoms with van der Waals surface area (Å²) in [6.45, 7) is 1.56. The summed E-state index contributed by atoms with van der Waals surface area (Å²) in [5.74, 6) is -0.746. The Bertz CT molecular complexity index is 685. The lowest BCUT2D eigenvalue weighted by molar-refractivity contribution is -0.141. The number of alkyl halides is 3. The van der Waals surface area contributed by atoms with Crippen molar-refractivity contribution in [3.63, 3.8) is 0 Å². The van der Waals surface area contributed by atoms with Crippen LogP contribution in [0.2, 0.25) is 0 Å². The first-order valence-corrected chi connectivity index (χ1v) is 8.79. The van der Waals surface area contributed by atoms with Crippen molar-refractivity contribution in [2.75, 3.05) is 24.5 Å². The van der Waals surface area contributed by atoms with E-state index >= 15 is 0 Å². The molecule has 5 nitrogen and oxygen atoms in total. The Labute approximate surface area is 149 Å². The van der Waals surface area contributed by atoms with Gasteiger partial charge >= 0.3 is 6.18 Å². The molecule has 3 rings (SSSR count). The van der Waals surface area contributed by atoms with Gasteiger partial charge < -0.3 is 15.5 Å². The monoisotopic (exact) mass is 369 g/mol. The van der Waals surface area contributed by atoms with Gasteiger partial charge in [-0.25, -0.2) is 0 Å². The molecule has 0 radical (unpaired) electrons. The summed E-state index contributed by atoms with van der Waals surface area (Å²) in [7, 11) is 0. The van der Waals surface area contributed by atoms with Crippen LogP contribution in [0, 0.1) is 5.92 Å². The normalized spacial score (nSPS) is 21.9. The van der Waals surface area contributed by atoms with Crippen molar-refractivity contribution in [2.45, 2.75) is 37.9 Å². The summed E-state index contributed by atoms with van der Waals surface area (Å²) in [4.78, 5) is 27.6. The molecule has 0 aromatic heterocycles. The molecule has 26 heavy (non-hydrogen) atoms. The molecule has 2 aliphatic rings. The number of nitrogens with two attached hydrogens (primary N) is 1. The van der Waals surface area contributed by atoms with E-state index in [9.17, 15) is 22.8 Å². The Kier molecular flexibility index (Phi) is 5.11. The van der Waals surface area contributed by atoms with E-state index in [1.54, 1.807) is 11.0 Å². The van der Waals surface area contributed by atoms with Crippen molar-refractivity contribution >= 4 is 17.5 Å². The van der Waals surface area contributed by atoms with Crippen LogP contribution in [0.3, 0.4) is 0 Å². The second-order valence-corrected chi connectivity index (χ2v) is 6.90. The summed E-state index contributed by atoms with van der Waals surface area (Å²) >= 11 is 0. The van der Waals surface area contributed by atoms with E-state index in [0.29, 0.717) is 44.6 Å². The Hall–Kier alpha value is -2.25. The molecule has 1 aromatic rings. The minimum Gasteiger partial charge on any atom is -0.371 e. The molecular formula is C18H22F3N3O2. The number of benzene rings is 1. The molecule has 2 heterocycles. The number of piperidine rings is 1. The summed E-state index contributed by atoms with van der Waals surface area (Å²) in [6.07, 6.45) is -1.90. The number of carbonyl (C=O) groups is 2. The Morgan fingerprint density at radius 2 is 1.77 bits per heavy atom. The number of rotatable bonds is 3. The Balaban J connectivity index is 1.63. The largest absolute Gasteiger partial charge is 0.416 e. The van der Waals surface area contributed by atoms with E-state index in [-0.39, 0.29) is 11.8 Å². The van der Waals surface area contributed by atoms with Crippen LogP contribution in [0.5, 0.6) is 0 Å². The third kappa shape index (κ3) is 3.78. The molecule has 142 valence electrons. The van der Waals surface area contributed by atoms with Gasteiger partial charge in [-0.15, -0.1) is 0 Å². The van der Waals surface area contributed by atoms with E-state index in [1.807, 2.05) is 4.90 Å². The fraction of sp³-hybridized carbons (Fsp3) is 0.556. The summed E-state index contributed by atoms with van der Waals surface area (Å²) < 4.78 is 38.6. The van der Waals surface area contributed by atoms with Gasteiger partial charge in [0, 0.05) is 31.2 Å². The first-order chi connectivity index (χ1) is 12.3. The molecule has 2 aliphatic heterocycles. The van der Waals surface area contributed by atoms with Gasteiger partial charge in [0.15, 0.2) is 0 Å². The van der Waals surface area contributed by atoms with Crippen LogP contribution in [0.25, 0.3) is 0 Å². The minimum atomic E-state index is -4.37. The van der Waals surface area contributed by atoms with Crippen LogP contribution in [0.15, 0.2) is 24.3 Å². The standard InChI is InChI=1S/C18H22F3N3O2/c19-18(20,21)13-3-1-4-14(11-13)23-9-6-12(7-10-23)17(26)24-8-2-5-15(24)16(22)25/h1,3-4,11-12,15H,2,5-10H2,(H2,22,25)/t15-/m0/s1. The van der Waals surface area contributed by atoms with Crippen LogP contribution in [-0.2, 0) is 15.8 Å². The van der Waals surface area contributed by atoms with Crippen molar-refractivity contribution in [1.82, 2.24) is 4.90 Å². The highest BCUT2D eigenvalue weighted by Crippen LogP contribution is 2.33. The van der Waals surface area contributed by atoms with Gasteiger partial charge in [-0.05, 0) is 43.9 Å². The van der Waals surface area contributed by atoms with Gasteiger partial charge in [0.25, 0.3) is 0 Å². The van der Waals surface area contributed by atoms with Crippen LogP contribution in [-0.4, -0.2) is 42.4 Å². The second kappa shape index (κ2) is 7.17. The maximum absolute atomic E-state index is 12.9. The van der Waals surface area contributed by atoms with E-state index in [4.69, 9.17) is 5.73 Å². The number of amides is 2. The van der Waals surface area contributed by atoms with Crippen LogP contribution >= 0.6 is 0 Å². The predicted octanol–water partition coefficient (Wildman–Crippen LogP) is 2.40. The lowest BCUT2D eigenvalue weighted by atomic mass is 9.94. The third-order valence-electron chi connectivity index (χ3n) is 5.25. The lowest BCUT2D eigenvalue weighted by Gasteiger charge is -2.35. The smallest absolute Gasteiger partial charge is 0.371 e. The summed E-state index contributed by atoms with van der Waals surface area (Å²) in [5.41, 5.74) is 5.21. The van der Waals surface area contributed by atoms with Gasteiger partial charge in [-0.1, -0.05) is 6.07 Å². The van der Waals surface area contributed by atoms with Crippen molar-refractivity contribution in [2.24, 2.45) is 11.7 Å². The topological polar surface area (TPSA) is 66.6 Å². The fourth-order valence-corrected chi connectivity index (χ4v) is 3.82. The highest BCUT2D eigenvalue weighted by Gasteiger charge is 2.37. The van der Waals surface area contributed by atoms with Gasteiger partial charge in [-0.3, -0.25) is 9.59 Å². The zero-order valence-electron chi connectivity index (χ0n) is 14.3. The molecular weight excluding hydrogens is 347 g/mol. The van der Waals surface area contributed by atoms with Gasteiger partial charge in [0.2, 0.25) is 11.8 Å². The second-order valence-electron chi connectivity index (χ2n) is 6.90. The zero-order valence-corrected chi connectivity index (χ0v) is 14.3. The first kappa shape index (κ1) is 18.5. The molecule has 0 saturated carbocycles. The first-order valence-electron chi connectivity index (χ1n) is 8.79. The molecule has 2 fully saturated rings. The van der Waals surface area contributed by atoms with E-state index in [2.05, 4.69) is 0 Å². The molecule has 8 heteroatoms. The maximum atomic E-state index is 12.9. The highest BCUT2D eigenvalue weighted by atomic mass is 19.4. The molecule has 2 amide bonds. The van der Waals surface area contributed by atoms with Gasteiger partial charge in [0.05, 0.1) is 5.56 Å². The number of nitrogens with zero attached hydrogens (tertiary/aromatic N) is 2. The molecule has 2 saturated heterocycles. The van der Waals surface area contributed by atoms with Gasteiger partial charge in [0.1, 0.15) is 6.04 Å². The average molecular weight is 369 g/mol. The molecule has 2 N–H and O–H groups in total. The van der Waals surface area contributed by atoms with E-state index < -0.39 is 23.7 Å². The average Bonchev–Trinajstić information content (AvgIpc) is 3.11. The number of anilines is 1. The van der Waals surface area contributed by atoms with Crippen molar-refractivity contribution in [3.05, 3.63) is 29.8 Å². The molecule has 0 aliphatic carbocycles. The van der Waals surface area contributed by atoms with Crippen LogP contribution in [0.4, 0.5) is 18.9 Å². The number of carbonyl (C=O) groups excluding carboxylic acids is 2. The fourth-order valence-electron chi connectivity index (χ4n) is 3.82. The van der Waals surface area contributed by atoms with Crippen molar-refractivity contribution in [3.8, 4) is 0 Å². The maximum Gasteiger partial charge on any atom is 0.416 e. The van der Waals surface area contributed by atoms with Crippen LogP contribution < -0.4 is 10.6 Å². The molecule has 1 atom stereocenters. The number of likely N-dealkylation sites (tertiary alicyclic amines) is 1. The molecule has 1 aromatic carbocycles. The number of primary amides is 1. The summed E-state index contributed by atoms with van der Waals surface area (Å²) in [5, 5.41) is 0. The van der Waals surface area contributed by atoms with Crippen molar-refractivity contribution < 1.29 is 22.8 Å². The quantitative estimate of drug-likeness (QED) is 0.890. The lowest BCUT2D eigenvalue weighted by Crippen LogP contribution is -2.48. The summed E-state index contributed by atoms with van der Waals surface area (Å²) in [6, 6.07) is 4.73. The van der Waals surface area contributed by atoms with E-state index in [0.717, 1.165) is 18.6 Å². The molecule has 0 unspecified atom stereocenters. The zero-order chi connectivity index (χ0) is 18.9. The Morgan fingerprint density at radius 3 is 2.38 bits per heavy atom. The number of halogens is 3. The number of hydrogen-bond acceptors (Lipinski definition) is 3. The van der Waals surface area contributed by atoms with E-state index in [1.165, 1.54) is 6.07 Å². The highest BCUT2D eigenvalue weighted by molar-refractivity contribution is 5.88. The minimum absolute atomic E-state index is 0.0602. The predicted molar refractivity (Wildman–Crippen MR) is 90.3 cm³/mol. The number of hydrogen-bond donors (Lipinski definition) is 1. The molecule has 0 bridgehead atoms. The van der Waals surface area contributed by atoms with Crippen LogP contribution in [0.1, 0.15) is 31.2 Å². The SMILES string of the molecule is NC(=O)[C@@H]1CCCN1C(=O)C1CCN(c2cccc(C(F)(F)F)c2)CC1. The third-order valence-corrected chi connectivity index (χ3v) is 5.25.